The van der Waals surface area contributed by atoms with Gasteiger partial charge < -0.3 is 4.74 Å². The van der Waals surface area contributed by atoms with Crippen LogP contribution in [0.4, 0.5) is 13.2 Å². The summed E-state index contributed by atoms with van der Waals surface area (Å²) >= 11 is 11.8. The van der Waals surface area contributed by atoms with Crippen LogP contribution in [-0.4, -0.2) is 24.5 Å². The third kappa shape index (κ3) is 3.57. The Labute approximate surface area is 128 Å². The van der Waals surface area contributed by atoms with Crippen LogP contribution in [0, 0.1) is 0 Å². The number of benzene rings is 1. The number of aliphatic imine (C=N–C) groups is 2. The highest BCUT2D eigenvalue weighted by atomic mass is 35.5. The highest BCUT2D eigenvalue weighted by Gasteiger charge is 2.32. The summed E-state index contributed by atoms with van der Waals surface area (Å²) in [6.45, 7) is 0.220. The molecule has 0 saturated carbocycles. The summed E-state index contributed by atoms with van der Waals surface area (Å²) in [6, 6.07) is 3.07. The Morgan fingerprint density at radius 1 is 1.24 bits per heavy atom. The topological polar surface area (TPSA) is 34.0 Å². The molecule has 1 heterocycles. The van der Waals surface area contributed by atoms with Crippen molar-refractivity contribution in [1.29, 1.82) is 0 Å². The van der Waals surface area contributed by atoms with Crippen LogP contribution in [0.2, 0.25) is 0 Å². The van der Waals surface area contributed by atoms with E-state index in [9.17, 15) is 13.2 Å². The van der Waals surface area contributed by atoms with Gasteiger partial charge in [0.15, 0.2) is 5.17 Å². The van der Waals surface area contributed by atoms with Crippen LogP contribution in [0.25, 0.3) is 0 Å². The van der Waals surface area contributed by atoms with Gasteiger partial charge in [0.2, 0.25) is 0 Å². The normalized spacial score (nSPS) is 15.8. The summed E-state index contributed by atoms with van der Waals surface area (Å²) in [5.74, 6) is 0.00921. The number of rotatable bonds is 2. The minimum Gasteiger partial charge on any atom is -0.496 e. The first-order chi connectivity index (χ1) is 9.82. The number of methoxy groups -OCH3 is 1. The van der Waals surface area contributed by atoms with Crippen LogP contribution in [0.3, 0.4) is 0 Å². The average Bonchev–Trinajstić information content (AvgIpc) is 2.57. The zero-order valence-electron chi connectivity index (χ0n) is 10.7. The lowest BCUT2D eigenvalue weighted by molar-refractivity contribution is -0.137. The molecular formula is C13H9Cl2F3N2O. The van der Waals surface area contributed by atoms with Gasteiger partial charge in [-0.2, -0.15) is 13.2 Å². The Balaban J connectivity index is 2.50. The summed E-state index contributed by atoms with van der Waals surface area (Å²) in [5.41, 5.74) is -0.269. The summed E-state index contributed by atoms with van der Waals surface area (Å²) in [6.07, 6.45) is -2.92. The SMILES string of the molecule is COc1cc(C(F)(F)F)ccc1C1=NCC=C(Cl)N=C1Cl. The second-order valence-electron chi connectivity index (χ2n) is 4.03. The van der Waals surface area contributed by atoms with Crippen molar-refractivity contribution >= 4 is 34.1 Å². The number of hydrogen-bond acceptors (Lipinski definition) is 3. The van der Waals surface area contributed by atoms with Crippen LogP contribution < -0.4 is 4.74 Å². The fourth-order valence-corrected chi connectivity index (χ4v) is 2.18. The Kier molecular flexibility index (Phi) is 4.58. The van der Waals surface area contributed by atoms with E-state index in [1.165, 1.54) is 19.3 Å². The average molecular weight is 337 g/mol. The third-order valence-corrected chi connectivity index (χ3v) is 3.20. The van der Waals surface area contributed by atoms with Gasteiger partial charge >= 0.3 is 6.18 Å². The van der Waals surface area contributed by atoms with Crippen LogP contribution in [0.5, 0.6) is 5.75 Å². The fraction of sp³-hybridized carbons (Fsp3) is 0.231. The lowest BCUT2D eigenvalue weighted by Crippen LogP contribution is -2.13. The van der Waals surface area contributed by atoms with E-state index in [0.29, 0.717) is 5.56 Å². The van der Waals surface area contributed by atoms with Crippen LogP contribution >= 0.6 is 23.2 Å². The third-order valence-electron chi connectivity index (χ3n) is 2.69. The molecule has 8 heteroatoms. The molecule has 0 N–H and O–H groups in total. The standard InChI is InChI=1S/C13H9Cl2F3N2O/c1-21-9-6-7(13(16,17)18)2-3-8(9)11-12(15)20-10(14)4-5-19-11/h2-4,6H,5H2,1H3. The molecule has 3 nitrogen and oxygen atoms in total. The van der Waals surface area contributed by atoms with Gasteiger partial charge in [0.1, 0.15) is 16.6 Å². The first-order valence-corrected chi connectivity index (χ1v) is 6.49. The largest absolute Gasteiger partial charge is 0.496 e. The number of alkyl halides is 3. The molecule has 1 aromatic rings. The van der Waals surface area contributed by atoms with Crippen molar-refractivity contribution in [1.82, 2.24) is 0 Å². The molecule has 112 valence electrons. The van der Waals surface area contributed by atoms with Gasteiger partial charge in [-0.3, -0.25) is 4.99 Å². The van der Waals surface area contributed by atoms with Crippen molar-refractivity contribution in [2.75, 3.05) is 13.7 Å². The molecule has 1 aliphatic rings. The quantitative estimate of drug-likeness (QED) is 0.744. The van der Waals surface area contributed by atoms with Crippen molar-refractivity contribution in [3.63, 3.8) is 0 Å². The molecule has 0 radical (unpaired) electrons. The summed E-state index contributed by atoms with van der Waals surface area (Å²) in [7, 11) is 1.27. The molecule has 0 aliphatic carbocycles. The summed E-state index contributed by atoms with van der Waals surface area (Å²) in [4.78, 5) is 8.04. The maximum absolute atomic E-state index is 12.7. The fourth-order valence-electron chi connectivity index (χ4n) is 1.73. The van der Waals surface area contributed by atoms with Crippen molar-refractivity contribution < 1.29 is 17.9 Å². The highest BCUT2D eigenvalue weighted by molar-refractivity contribution is 6.86. The number of nitrogens with zero attached hydrogens (tertiary/aromatic N) is 2. The number of ether oxygens (including phenoxy) is 1. The maximum Gasteiger partial charge on any atom is 0.416 e. The van der Waals surface area contributed by atoms with Crippen LogP contribution in [0.1, 0.15) is 11.1 Å². The van der Waals surface area contributed by atoms with E-state index < -0.39 is 11.7 Å². The van der Waals surface area contributed by atoms with E-state index in [1.807, 2.05) is 0 Å². The molecule has 1 aromatic carbocycles. The Morgan fingerprint density at radius 2 is 1.95 bits per heavy atom. The van der Waals surface area contributed by atoms with Crippen molar-refractivity contribution in [2.24, 2.45) is 9.98 Å². The molecule has 0 aromatic heterocycles. The molecule has 1 aliphatic heterocycles. The van der Waals surface area contributed by atoms with Gasteiger partial charge in [0.25, 0.3) is 0 Å². The van der Waals surface area contributed by atoms with Gasteiger partial charge in [-0.05, 0) is 24.3 Å². The first-order valence-electron chi connectivity index (χ1n) is 5.73. The van der Waals surface area contributed by atoms with E-state index in [4.69, 9.17) is 27.9 Å². The van der Waals surface area contributed by atoms with Crippen molar-refractivity contribution in [3.8, 4) is 5.75 Å². The Morgan fingerprint density at radius 3 is 2.57 bits per heavy atom. The summed E-state index contributed by atoms with van der Waals surface area (Å²) in [5, 5.41) is 0.163. The minimum absolute atomic E-state index is 0.00758. The van der Waals surface area contributed by atoms with E-state index in [2.05, 4.69) is 9.98 Å². The first kappa shape index (κ1) is 15.9. The molecule has 0 spiro atoms. The van der Waals surface area contributed by atoms with Gasteiger partial charge in [-0.25, -0.2) is 4.99 Å². The number of halogens is 5. The predicted octanol–water partition coefficient (Wildman–Crippen LogP) is 4.23. The molecule has 0 fully saturated rings. The Hall–Kier alpha value is -1.53. The minimum atomic E-state index is -4.46. The van der Waals surface area contributed by atoms with E-state index in [-0.39, 0.29) is 28.3 Å². The molecule has 0 atom stereocenters. The smallest absolute Gasteiger partial charge is 0.416 e. The lowest BCUT2D eigenvalue weighted by atomic mass is 10.1. The predicted molar refractivity (Wildman–Crippen MR) is 76.6 cm³/mol. The van der Waals surface area contributed by atoms with Crippen molar-refractivity contribution in [2.45, 2.75) is 6.18 Å². The zero-order chi connectivity index (χ0) is 15.6. The second-order valence-corrected chi connectivity index (χ2v) is 4.78. The highest BCUT2D eigenvalue weighted by Crippen LogP contribution is 2.33. The molecule has 2 rings (SSSR count). The van der Waals surface area contributed by atoms with Crippen LogP contribution in [-0.2, 0) is 6.18 Å². The molecule has 21 heavy (non-hydrogen) atoms. The van der Waals surface area contributed by atoms with Crippen molar-refractivity contribution in [3.05, 3.63) is 40.6 Å². The lowest BCUT2D eigenvalue weighted by Gasteiger charge is -2.13. The number of hydrogen-bond donors (Lipinski definition) is 0. The van der Waals surface area contributed by atoms with Gasteiger partial charge in [-0.1, -0.05) is 23.2 Å². The zero-order valence-corrected chi connectivity index (χ0v) is 12.2. The molecule has 0 bridgehead atoms. The van der Waals surface area contributed by atoms with Gasteiger partial charge in [0, 0.05) is 5.56 Å². The second kappa shape index (κ2) is 6.07. The molecular weight excluding hydrogens is 328 g/mol. The van der Waals surface area contributed by atoms with E-state index >= 15 is 0 Å². The van der Waals surface area contributed by atoms with Gasteiger partial charge in [-0.15, -0.1) is 0 Å². The Bertz CT molecular complexity index is 651. The maximum atomic E-state index is 12.7. The van der Waals surface area contributed by atoms with Crippen LogP contribution in [0.15, 0.2) is 39.4 Å². The van der Waals surface area contributed by atoms with E-state index in [0.717, 1.165) is 12.1 Å². The molecule has 0 saturated heterocycles. The molecule has 0 amide bonds. The van der Waals surface area contributed by atoms with Gasteiger partial charge in [0.05, 0.1) is 19.2 Å². The molecule has 0 unspecified atom stereocenters. The van der Waals surface area contributed by atoms with E-state index in [1.54, 1.807) is 0 Å². The monoisotopic (exact) mass is 336 g/mol. The summed E-state index contributed by atoms with van der Waals surface area (Å²) < 4.78 is 43.1.